The van der Waals surface area contributed by atoms with Crippen LogP contribution in [0.2, 0.25) is 5.02 Å². The Morgan fingerprint density at radius 3 is 2.70 bits per heavy atom. The molecule has 1 aliphatic heterocycles. The number of allylic oxidation sites excluding steroid dienone is 1. The van der Waals surface area contributed by atoms with Crippen LogP contribution in [0, 0.1) is 5.92 Å². The third-order valence-electron chi connectivity index (χ3n) is 5.21. The van der Waals surface area contributed by atoms with E-state index in [0.29, 0.717) is 35.8 Å². The maximum absolute atomic E-state index is 12.9. The van der Waals surface area contributed by atoms with Crippen LogP contribution >= 0.6 is 11.6 Å². The van der Waals surface area contributed by atoms with E-state index in [1.54, 1.807) is 12.1 Å². The Morgan fingerprint density at radius 2 is 2.04 bits per heavy atom. The maximum Gasteiger partial charge on any atom is 0.338 e. The summed E-state index contributed by atoms with van der Waals surface area (Å²) in [6.45, 7) is 2.27. The minimum atomic E-state index is -0.675. The van der Waals surface area contributed by atoms with Crippen molar-refractivity contribution < 1.29 is 19.4 Å². The summed E-state index contributed by atoms with van der Waals surface area (Å²) >= 11 is 6.02. The zero-order chi connectivity index (χ0) is 19.4. The molecule has 6 nitrogen and oxygen atoms in total. The molecule has 0 unspecified atom stereocenters. The molecule has 1 atom stereocenters. The molecule has 146 valence electrons. The Kier molecular flexibility index (Phi) is 6.26. The molecular formula is C20H25ClN2O4. The molecule has 3 rings (SSSR count). The number of ether oxygens (including phenoxy) is 1. The van der Waals surface area contributed by atoms with Crippen LogP contribution in [0.25, 0.3) is 0 Å². The second kappa shape index (κ2) is 8.65. The molecule has 1 fully saturated rings. The highest BCUT2D eigenvalue weighted by Gasteiger charge is 2.33. The number of phenolic OH excluding ortho intramolecular Hbond substituents is 1. The number of aromatic hydroxyl groups is 1. The van der Waals surface area contributed by atoms with Gasteiger partial charge in [0.25, 0.3) is 0 Å². The Labute approximate surface area is 163 Å². The van der Waals surface area contributed by atoms with Crippen LogP contribution in [0.1, 0.15) is 57.1 Å². The Hall–Kier alpha value is -2.21. The molecule has 0 radical (unpaired) electrons. The van der Waals surface area contributed by atoms with Crippen molar-refractivity contribution in [1.82, 2.24) is 10.6 Å². The second-order valence-electron chi connectivity index (χ2n) is 7.09. The minimum Gasteiger partial charge on any atom is -0.506 e. The van der Waals surface area contributed by atoms with Crippen molar-refractivity contribution >= 4 is 23.6 Å². The lowest BCUT2D eigenvalue weighted by molar-refractivity contribution is -0.141. The van der Waals surface area contributed by atoms with Crippen LogP contribution in [0.5, 0.6) is 5.75 Å². The van der Waals surface area contributed by atoms with Crippen LogP contribution in [-0.2, 0) is 9.53 Å². The molecule has 1 heterocycles. The first-order valence-electron chi connectivity index (χ1n) is 9.45. The summed E-state index contributed by atoms with van der Waals surface area (Å²) in [4.78, 5) is 24.9. The Balaban J connectivity index is 1.84. The average molecular weight is 393 g/mol. The fourth-order valence-electron chi connectivity index (χ4n) is 3.72. The maximum atomic E-state index is 12.9. The molecule has 1 saturated carbocycles. The van der Waals surface area contributed by atoms with Crippen molar-refractivity contribution in [2.45, 2.75) is 51.5 Å². The summed E-state index contributed by atoms with van der Waals surface area (Å²) in [6, 6.07) is 3.58. The predicted octanol–water partition coefficient (Wildman–Crippen LogP) is 4.19. The van der Waals surface area contributed by atoms with E-state index in [4.69, 9.17) is 16.3 Å². The predicted molar refractivity (Wildman–Crippen MR) is 102 cm³/mol. The second-order valence-corrected chi connectivity index (χ2v) is 7.50. The normalized spacial score (nSPS) is 20.8. The van der Waals surface area contributed by atoms with E-state index >= 15 is 0 Å². The lowest BCUT2D eigenvalue weighted by Crippen LogP contribution is -2.46. The highest BCUT2D eigenvalue weighted by molar-refractivity contribution is 6.32. The fourth-order valence-corrected chi connectivity index (χ4v) is 3.90. The van der Waals surface area contributed by atoms with E-state index in [1.807, 2.05) is 6.92 Å². The average Bonchev–Trinajstić information content (AvgIpc) is 2.68. The van der Waals surface area contributed by atoms with E-state index in [-0.39, 0.29) is 16.8 Å². The topological polar surface area (TPSA) is 87.7 Å². The number of amides is 2. The molecule has 2 aliphatic rings. The van der Waals surface area contributed by atoms with E-state index in [2.05, 4.69) is 10.6 Å². The van der Waals surface area contributed by atoms with Crippen molar-refractivity contribution in [3.8, 4) is 5.75 Å². The molecule has 27 heavy (non-hydrogen) atoms. The van der Waals surface area contributed by atoms with Gasteiger partial charge in [0.1, 0.15) is 5.75 Å². The lowest BCUT2D eigenvalue weighted by atomic mass is 9.90. The molecule has 0 aromatic heterocycles. The fraction of sp³-hybridized carbons (Fsp3) is 0.500. The Bertz CT molecular complexity index is 756. The molecule has 0 saturated heterocycles. The van der Waals surface area contributed by atoms with Crippen LogP contribution < -0.4 is 10.6 Å². The number of hydrogen-bond donors (Lipinski definition) is 3. The molecule has 7 heteroatoms. The summed E-state index contributed by atoms with van der Waals surface area (Å²) in [6.07, 6.45) is 6.26. The van der Waals surface area contributed by atoms with Crippen molar-refractivity contribution in [1.29, 1.82) is 0 Å². The first kappa shape index (κ1) is 19.5. The van der Waals surface area contributed by atoms with Gasteiger partial charge in [-0.05, 0) is 42.9 Å². The van der Waals surface area contributed by atoms with Gasteiger partial charge in [-0.25, -0.2) is 9.59 Å². The summed E-state index contributed by atoms with van der Waals surface area (Å²) in [7, 11) is 0. The first-order chi connectivity index (χ1) is 13.0. The number of nitrogens with one attached hydrogen (secondary N) is 2. The van der Waals surface area contributed by atoms with E-state index in [9.17, 15) is 14.7 Å². The molecule has 1 aromatic rings. The van der Waals surface area contributed by atoms with Crippen molar-refractivity contribution in [3.63, 3.8) is 0 Å². The number of carbonyl (C=O) groups is 2. The SMILES string of the molecule is CCC1=C(C(=O)OCC2CCCCC2)[C@H](c2ccc(O)c(Cl)c2)NC(=O)N1. The van der Waals surface area contributed by atoms with Crippen LogP contribution in [0.3, 0.4) is 0 Å². The Morgan fingerprint density at radius 1 is 1.30 bits per heavy atom. The monoisotopic (exact) mass is 392 g/mol. The van der Waals surface area contributed by atoms with E-state index < -0.39 is 12.0 Å². The lowest BCUT2D eigenvalue weighted by Gasteiger charge is -2.30. The number of benzene rings is 1. The number of hydrogen-bond acceptors (Lipinski definition) is 4. The number of esters is 1. The summed E-state index contributed by atoms with van der Waals surface area (Å²) in [5.41, 5.74) is 1.54. The van der Waals surface area contributed by atoms with E-state index in [0.717, 1.165) is 12.8 Å². The van der Waals surface area contributed by atoms with Gasteiger partial charge < -0.3 is 20.5 Å². The third-order valence-corrected chi connectivity index (χ3v) is 5.51. The van der Waals surface area contributed by atoms with Gasteiger partial charge in [-0.3, -0.25) is 0 Å². The van der Waals surface area contributed by atoms with Crippen molar-refractivity contribution in [2.24, 2.45) is 5.92 Å². The standard InChI is InChI=1S/C20H25ClN2O4/c1-2-15-17(19(25)27-11-12-6-4-3-5-7-12)18(23-20(26)22-15)13-8-9-16(24)14(21)10-13/h8-10,12,18,24H,2-7,11H2,1H3,(H2,22,23,26)/t18-/m0/s1. The van der Waals surface area contributed by atoms with E-state index in [1.165, 1.54) is 25.3 Å². The summed E-state index contributed by atoms with van der Waals surface area (Å²) in [5.74, 6) is -0.0815. The van der Waals surface area contributed by atoms with Gasteiger partial charge in [-0.1, -0.05) is 43.9 Å². The van der Waals surface area contributed by atoms with Crippen LogP contribution in [0.4, 0.5) is 4.79 Å². The van der Waals surface area contributed by atoms with Gasteiger partial charge in [-0.2, -0.15) is 0 Å². The molecule has 0 bridgehead atoms. The quantitative estimate of drug-likeness (QED) is 0.655. The number of carbonyl (C=O) groups excluding carboxylic acids is 2. The zero-order valence-corrected chi connectivity index (χ0v) is 16.1. The molecule has 2 amide bonds. The molecule has 1 aliphatic carbocycles. The first-order valence-corrected chi connectivity index (χ1v) is 9.83. The molecule has 1 aromatic carbocycles. The van der Waals surface area contributed by atoms with Gasteiger partial charge in [0.15, 0.2) is 0 Å². The van der Waals surface area contributed by atoms with Gasteiger partial charge in [0.2, 0.25) is 0 Å². The van der Waals surface area contributed by atoms with Gasteiger partial charge >= 0.3 is 12.0 Å². The van der Waals surface area contributed by atoms with Crippen molar-refractivity contribution in [2.75, 3.05) is 6.61 Å². The van der Waals surface area contributed by atoms with Crippen LogP contribution in [0.15, 0.2) is 29.5 Å². The highest BCUT2D eigenvalue weighted by Crippen LogP contribution is 2.33. The van der Waals surface area contributed by atoms with Gasteiger partial charge in [0.05, 0.1) is 23.2 Å². The highest BCUT2D eigenvalue weighted by atomic mass is 35.5. The number of urea groups is 1. The summed E-state index contributed by atoms with van der Waals surface area (Å²) < 4.78 is 5.62. The molecule has 3 N–H and O–H groups in total. The number of halogens is 1. The molecule has 0 spiro atoms. The van der Waals surface area contributed by atoms with Crippen molar-refractivity contribution in [3.05, 3.63) is 40.1 Å². The number of phenols is 1. The summed E-state index contributed by atoms with van der Waals surface area (Å²) in [5, 5.41) is 15.3. The van der Waals surface area contributed by atoms with Gasteiger partial charge in [0, 0.05) is 5.70 Å². The number of rotatable bonds is 5. The van der Waals surface area contributed by atoms with Gasteiger partial charge in [-0.15, -0.1) is 0 Å². The largest absolute Gasteiger partial charge is 0.506 e. The molecular weight excluding hydrogens is 368 g/mol. The van der Waals surface area contributed by atoms with Crippen LogP contribution in [-0.4, -0.2) is 23.7 Å². The zero-order valence-electron chi connectivity index (χ0n) is 15.4. The smallest absolute Gasteiger partial charge is 0.338 e. The minimum absolute atomic E-state index is 0.0539. The third kappa shape index (κ3) is 4.56.